The quantitative estimate of drug-likeness (QED) is 0.774. The summed E-state index contributed by atoms with van der Waals surface area (Å²) in [6, 6.07) is 0. The van der Waals surface area contributed by atoms with Gasteiger partial charge < -0.3 is 10.4 Å². The molecule has 0 aromatic rings. The maximum Gasteiger partial charge on any atom is 0.306 e. The third-order valence-electron chi connectivity index (χ3n) is 3.85. The van der Waals surface area contributed by atoms with Crippen molar-refractivity contribution < 1.29 is 14.7 Å². The van der Waals surface area contributed by atoms with E-state index in [9.17, 15) is 9.59 Å². The highest BCUT2D eigenvalue weighted by atomic mass is 16.4. The van der Waals surface area contributed by atoms with Crippen LogP contribution in [0.2, 0.25) is 0 Å². The molecule has 1 rings (SSSR count). The van der Waals surface area contributed by atoms with Crippen LogP contribution in [-0.4, -0.2) is 23.5 Å². The van der Waals surface area contributed by atoms with Crippen LogP contribution < -0.4 is 5.32 Å². The van der Waals surface area contributed by atoms with Gasteiger partial charge >= 0.3 is 5.97 Å². The summed E-state index contributed by atoms with van der Waals surface area (Å²) in [7, 11) is 0. The van der Waals surface area contributed by atoms with Crippen LogP contribution in [0.3, 0.4) is 0 Å². The van der Waals surface area contributed by atoms with Crippen molar-refractivity contribution in [2.24, 2.45) is 17.3 Å². The topological polar surface area (TPSA) is 66.4 Å². The second-order valence-electron chi connectivity index (χ2n) is 5.78. The molecular formula is C13H23NO3. The standard InChI is InChI=1S/C13H23NO3/c1-4-13(2,3)8-14-11(15)9-5-6-10(7-9)12(16)17/h9-10H,4-8H2,1-3H3,(H,14,15)(H,16,17). The Labute approximate surface area is 103 Å². The average molecular weight is 241 g/mol. The first-order valence-corrected chi connectivity index (χ1v) is 6.36. The predicted octanol–water partition coefficient (Wildman–Crippen LogP) is 2.04. The molecule has 0 spiro atoms. The van der Waals surface area contributed by atoms with Crippen LogP contribution in [-0.2, 0) is 9.59 Å². The zero-order valence-electron chi connectivity index (χ0n) is 11.0. The van der Waals surface area contributed by atoms with Gasteiger partial charge in [0.2, 0.25) is 5.91 Å². The van der Waals surface area contributed by atoms with Crippen molar-refractivity contribution >= 4 is 11.9 Å². The fourth-order valence-electron chi connectivity index (χ4n) is 2.04. The van der Waals surface area contributed by atoms with Crippen molar-refractivity contribution in [2.45, 2.75) is 46.5 Å². The van der Waals surface area contributed by atoms with E-state index in [0.717, 1.165) is 6.42 Å². The molecule has 98 valence electrons. The normalized spacial score (nSPS) is 24.6. The number of carboxylic acids is 1. The lowest BCUT2D eigenvalue weighted by atomic mass is 9.90. The summed E-state index contributed by atoms with van der Waals surface area (Å²) in [5.41, 5.74) is 0.112. The van der Waals surface area contributed by atoms with Gasteiger partial charge in [0.15, 0.2) is 0 Å². The summed E-state index contributed by atoms with van der Waals surface area (Å²) in [6.45, 7) is 6.99. The van der Waals surface area contributed by atoms with Crippen LogP contribution in [0.15, 0.2) is 0 Å². The first kappa shape index (κ1) is 14.0. The predicted molar refractivity (Wildman–Crippen MR) is 65.5 cm³/mol. The molecular weight excluding hydrogens is 218 g/mol. The van der Waals surface area contributed by atoms with Crippen LogP contribution in [0.25, 0.3) is 0 Å². The van der Waals surface area contributed by atoms with E-state index in [-0.39, 0.29) is 23.2 Å². The van der Waals surface area contributed by atoms with Gasteiger partial charge in [0.05, 0.1) is 5.92 Å². The molecule has 1 aliphatic carbocycles. The minimum atomic E-state index is -0.769. The monoisotopic (exact) mass is 241 g/mol. The average Bonchev–Trinajstić information content (AvgIpc) is 2.75. The Morgan fingerprint density at radius 1 is 1.29 bits per heavy atom. The van der Waals surface area contributed by atoms with Crippen LogP contribution in [0.5, 0.6) is 0 Å². The van der Waals surface area contributed by atoms with Gasteiger partial charge in [0, 0.05) is 12.5 Å². The first-order valence-electron chi connectivity index (χ1n) is 6.36. The highest BCUT2D eigenvalue weighted by Gasteiger charge is 2.34. The lowest BCUT2D eigenvalue weighted by Gasteiger charge is -2.23. The Kier molecular flexibility index (Phi) is 4.54. The van der Waals surface area contributed by atoms with Crippen molar-refractivity contribution in [3.63, 3.8) is 0 Å². The first-order chi connectivity index (χ1) is 7.85. The molecule has 4 nitrogen and oxygen atoms in total. The number of rotatable bonds is 5. The summed E-state index contributed by atoms with van der Waals surface area (Å²) in [4.78, 5) is 22.7. The summed E-state index contributed by atoms with van der Waals surface area (Å²) >= 11 is 0. The summed E-state index contributed by atoms with van der Waals surface area (Å²) in [5.74, 6) is -1.18. The maximum atomic E-state index is 11.9. The molecule has 4 heteroatoms. The number of carbonyl (C=O) groups is 2. The highest BCUT2D eigenvalue weighted by molar-refractivity contribution is 5.80. The molecule has 1 saturated carbocycles. The molecule has 0 bridgehead atoms. The van der Waals surface area contributed by atoms with E-state index in [1.807, 2.05) is 0 Å². The minimum Gasteiger partial charge on any atom is -0.481 e. The molecule has 1 aliphatic rings. The van der Waals surface area contributed by atoms with E-state index in [2.05, 4.69) is 26.1 Å². The minimum absolute atomic E-state index is 0.0234. The van der Waals surface area contributed by atoms with Gasteiger partial charge in [-0.05, 0) is 31.1 Å². The van der Waals surface area contributed by atoms with E-state index in [1.165, 1.54) is 0 Å². The fraction of sp³-hybridized carbons (Fsp3) is 0.846. The molecule has 0 aromatic heterocycles. The summed E-state index contributed by atoms with van der Waals surface area (Å²) in [6.07, 6.45) is 2.84. The van der Waals surface area contributed by atoms with Crippen LogP contribution in [0.4, 0.5) is 0 Å². The fourth-order valence-corrected chi connectivity index (χ4v) is 2.04. The number of nitrogens with one attached hydrogen (secondary N) is 1. The molecule has 0 radical (unpaired) electrons. The molecule has 1 fully saturated rings. The number of aliphatic carboxylic acids is 1. The van der Waals surface area contributed by atoms with Crippen molar-refractivity contribution in [3.05, 3.63) is 0 Å². The van der Waals surface area contributed by atoms with Gasteiger partial charge in [-0.2, -0.15) is 0 Å². The third kappa shape index (κ3) is 4.02. The van der Waals surface area contributed by atoms with Gasteiger partial charge in [-0.3, -0.25) is 9.59 Å². The van der Waals surface area contributed by atoms with E-state index in [1.54, 1.807) is 0 Å². The van der Waals surface area contributed by atoms with Crippen molar-refractivity contribution in [1.82, 2.24) is 5.32 Å². The largest absolute Gasteiger partial charge is 0.481 e. The number of amides is 1. The van der Waals surface area contributed by atoms with Crippen molar-refractivity contribution in [2.75, 3.05) is 6.54 Å². The molecule has 0 saturated heterocycles. The SMILES string of the molecule is CCC(C)(C)CNC(=O)C1CCC(C(=O)O)C1. The van der Waals surface area contributed by atoms with Gasteiger partial charge in [0.1, 0.15) is 0 Å². The zero-order chi connectivity index (χ0) is 13.1. The number of carbonyl (C=O) groups excluding carboxylic acids is 1. The van der Waals surface area contributed by atoms with Gasteiger partial charge in [-0.25, -0.2) is 0 Å². The number of hydrogen-bond donors (Lipinski definition) is 2. The molecule has 2 unspecified atom stereocenters. The molecule has 2 N–H and O–H groups in total. The second-order valence-corrected chi connectivity index (χ2v) is 5.78. The molecule has 0 aromatic carbocycles. The molecule has 1 amide bonds. The Balaban J connectivity index is 2.37. The van der Waals surface area contributed by atoms with Gasteiger partial charge in [-0.1, -0.05) is 20.8 Å². The highest BCUT2D eigenvalue weighted by Crippen LogP contribution is 2.31. The van der Waals surface area contributed by atoms with Crippen molar-refractivity contribution in [1.29, 1.82) is 0 Å². The molecule has 2 atom stereocenters. The van der Waals surface area contributed by atoms with Crippen molar-refractivity contribution in [3.8, 4) is 0 Å². The number of hydrogen-bond acceptors (Lipinski definition) is 2. The molecule has 0 heterocycles. The van der Waals surface area contributed by atoms with Crippen LogP contribution >= 0.6 is 0 Å². The maximum absolute atomic E-state index is 11.9. The van der Waals surface area contributed by atoms with Crippen LogP contribution in [0.1, 0.15) is 46.5 Å². The molecule has 0 aliphatic heterocycles. The van der Waals surface area contributed by atoms with E-state index >= 15 is 0 Å². The number of carboxylic acid groups (broad SMARTS) is 1. The Morgan fingerprint density at radius 2 is 1.88 bits per heavy atom. The Hall–Kier alpha value is -1.06. The third-order valence-corrected chi connectivity index (χ3v) is 3.85. The van der Waals surface area contributed by atoms with Gasteiger partial charge in [0.25, 0.3) is 0 Å². The Morgan fingerprint density at radius 3 is 2.35 bits per heavy atom. The van der Waals surface area contributed by atoms with Crippen LogP contribution in [0, 0.1) is 17.3 Å². The zero-order valence-corrected chi connectivity index (χ0v) is 11.0. The lowest BCUT2D eigenvalue weighted by Crippen LogP contribution is -2.37. The smallest absolute Gasteiger partial charge is 0.306 e. The van der Waals surface area contributed by atoms with E-state index in [4.69, 9.17) is 5.11 Å². The molecule has 17 heavy (non-hydrogen) atoms. The van der Waals surface area contributed by atoms with E-state index in [0.29, 0.717) is 25.8 Å². The summed E-state index contributed by atoms with van der Waals surface area (Å²) in [5, 5.41) is 11.8. The summed E-state index contributed by atoms with van der Waals surface area (Å²) < 4.78 is 0. The Bertz CT molecular complexity index is 299. The van der Waals surface area contributed by atoms with E-state index < -0.39 is 5.97 Å². The second kappa shape index (κ2) is 5.52. The lowest BCUT2D eigenvalue weighted by molar-refractivity contribution is -0.141. The van der Waals surface area contributed by atoms with Gasteiger partial charge in [-0.15, -0.1) is 0 Å².